The fraction of sp³-hybridized carbons (Fsp3) is 0.190. The molecule has 0 radical (unpaired) electrons. The van der Waals surface area contributed by atoms with Crippen molar-refractivity contribution in [3.05, 3.63) is 74.2 Å². The predicted molar refractivity (Wildman–Crippen MR) is 115 cm³/mol. The fourth-order valence-corrected chi connectivity index (χ4v) is 5.16. The van der Waals surface area contributed by atoms with Gasteiger partial charge >= 0.3 is 12.1 Å². The van der Waals surface area contributed by atoms with Crippen LogP contribution in [0.5, 0.6) is 0 Å². The Bertz CT molecular complexity index is 1070. The second-order valence-electron chi connectivity index (χ2n) is 6.74. The third-order valence-corrected chi connectivity index (χ3v) is 6.59. The van der Waals surface area contributed by atoms with Gasteiger partial charge < -0.3 is 15.2 Å². The molecule has 1 heterocycles. The lowest BCUT2D eigenvalue weighted by Crippen LogP contribution is -2.31. The molecule has 2 aromatic carbocycles. The molecule has 30 heavy (non-hydrogen) atoms. The molecule has 6 nitrogen and oxygen atoms in total. The molecule has 1 aliphatic carbocycles. The average Bonchev–Trinajstić information content (AvgIpc) is 3.22. The molecule has 1 aromatic heterocycles. The Morgan fingerprint density at radius 2 is 1.70 bits per heavy atom. The first-order valence-electron chi connectivity index (χ1n) is 9.09. The zero-order valence-corrected chi connectivity index (χ0v) is 17.8. The number of ether oxygens (including phenoxy) is 1. The summed E-state index contributed by atoms with van der Waals surface area (Å²) in [5.41, 5.74) is 4.42. The maximum Gasteiger partial charge on any atom is 0.407 e. The first-order chi connectivity index (χ1) is 14.4. The maximum absolute atomic E-state index is 12.5. The van der Waals surface area contributed by atoms with Gasteiger partial charge in [0.1, 0.15) is 11.8 Å². The van der Waals surface area contributed by atoms with Crippen molar-refractivity contribution in [3.8, 4) is 11.1 Å². The Kier molecular flexibility index (Phi) is 5.94. The standard InChI is InChI=1S/C21H16Cl2N2O4S/c22-19-18(30-20(23)25-19)16(9-17(26)27)24-21(28)29-10-15-13-7-3-1-5-11(13)12-6-2-4-8-14(12)15/h1-8,15-16H,9-10H2,(H,24,28)(H,26,27)/t16-/m1/s1. The number of carboxylic acid groups (broad SMARTS) is 1. The highest BCUT2D eigenvalue weighted by atomic mass is 35.5. The van der Waals surface area contributed by atoms with Crippen molar-refractivity contribution >= 4 is 46.6 Å². The highest BCUT2D eigenvalue weighted by molar-refractivity contribution is 7.16. The maximum atomic E-state index is 12.5. The molecule has 0 unspecified atom stereocenters. The van der Waals surface area contributed by atoms with Crippen molar-refractivity contribution in [2.45, 2.75) is 18.4 Å². The van der Waals surface area contributed by atoms with Gasteiger partial charge in [-0.15, -0.1) is 11.3 Å². The van der Waals surface area contributed by atoms with Gasteiger partial charge in [-0.05, 0) is 22.3 Å². The van der Waals surface area contributed by atoms with E-state index in [-0.39, 0.29) is 28.6 Å². The van der Waals surface area contributed by atoms with E-state index in [1.807, 2.05) is 48.5 Å². The van der Waals surface area contributed by atoms with Gasteiger partial charge in [0.25, 0.3) is 0 Å². The molecule has 1 aliphatic rings. The van der Waals surface area contributed by atoms with Gasteiger partial charge in [0.05, 0.1) is 17.3 Å². The van der Waals surface area contributed by atoms with Crippen LogP contribution in [0.2, 0.25) is 9.62 Å². The molecule has 0 aliphatic heterocycles. The lowest BCUT2D eigenvalue weighted by atomic mass is 9.98. The number of nitrogens with one attached hydrogen (secondary N) is 1. The Balaban J connectivity index is 1.49. The summed E-state index contributed by atoms with van der Waals surface area (Å²) in [4.78, 5) is 28.0. The number of nitrogens with zero attached hydrogens (tertiary/aromatic N) is 1. The number of alkyl carbamates (subject to hydrolysis) is 1. The topological polar surface area (TPSA) is 88.5 Å². The molecule has 2 N–H and O–H groups in total. The largest absolute Gasteiger partial charge is 0.481 e. The monoisotopic (exact) mass is 462 g/mol. The number of halogens is 2. The van der Waals surface area contributed by atoms with E-state index in [1.165, 1.54) is 0 Å². The Hall–Kier alpha value is -2.61. The second kappa shape index (κ2) is 8.63. The number of hydrogen-bond acceptors (Lipinski definition) is 5. The van der Waals surface area contributed by atoms with Crippen molar-refractivity contribution in [1.29, 1.82) is 0 Å². The Morgan fingerprint density at radius 1 is 1.10 bits per heavy atom. The van der Waals surface area contributed by atoms with E-state index in [1.54, 1.807) is 0 Å². The fourth-order valence-electron chi connectivity index (χ4n) is 3.67. The first kappa shape index (κ1) is 20.7. The van der Waals surface area contributed by atoms with E-state index in [4.69, 9.17) is 27.9 Å². The number of fused-ring (bicyclic) bond motifs is 3. The zero-order valence-electron chi connectivity index (χ0n) is 15.5. The predicted octanol–water partition coefficient (Wildman–Crippen LogP) is 5.50. The average molecular weight is 463 g/mol. The molecule has 154 valence electrons. The van der Waals surface area contributed by atoms with Gasteiger partial charge in [-0.25, -0.2) is 9.78 Å². The number of rotatable bonds is 6. The molecule has 0 fully saturated rings. The van der Waals surface area contributed by atoms with Crippen LogP contribution in [0, 0.1) is 0 Å². The second-order valence-corrected chi connectivity index (χ2v) is 8.71. The Morgan fingerprint density at radius 3 is 2.23 bits per heavy atom. The number of carboxylic acids is 1. The summed E-state index contributed by atoms with van der Waals surface area (Å²) in [5.74, 6) is -1.19. The molecular formula is C21H16Cl2N2O4S. The number of aliphatic carboxylic acids is 1. The van der Waals surface area contributed by atoms with Crippen LogP contribution < -0.4 is 5.32 Å². The van der Waals surface area contributed by atoms with Crippen LogP contribution in [-0.2, 0) is 9.53 Å². The molecule has 0 saturated heterocycles. The van der Waals surface area contributed by atoms with Crippen LogP contribution in [0.4, 0.5) is 4.79 Å². The van der Waals surface area contributed by atoms with Gasteiger partial charge in [-0.2, -0.15) is 0 Å². The highest BCUT2D eigenvalue weighted by Crippen LogP contribution is 2.44. The summed E-state index contributed by atoms with van der Waals surface area (Å²) in [6.07, 6.45) is -1.11. The highest BCUT2D eigenvalue weighted by Gasteiger charge is 2.30. The lowest BCUT2D eigenvalue weighted by Gasteiger charge is -2.18. The van der Waals surface area contributed by atoms with E-state index in [9.17, 15) is 14.7 Å². The summed E-state index contributed by atoms with van der Waals surface area (Å²) in [5, 5.41) is 11.8. The smallest absolute Gasteiger partial charge is 0.407 e. The van der Waals surface area contributed by atoms with Crippen LogP contribution in [0.15, 0.2) is 48.5 Å². The summed E-state index contributed by atoms with van der Waals surface area (Å²) < 4.78 is 5.65. The molecule has 9 heteroatoms. The number of amides is 1. The zero-order chi connectivity index (χ0) is 21.3. The van der Waals surface area contributed by atoms with Crippen molar-refractivity contribution in [2.75, 3.05) is 6.61 Å². The van der Waals surface area contributed by atoms with E-state index < -0.39 is 18.1 Å². The molecule has 1 atom stereocenters. The number of benzene rings is 2. The van der Waals surface area contributed by atoms with Gasteiger partial charge in [-0.1, -0.05) is 71.7 Å². The lowest BCUT2D eigenvalue weighted by molar-refractivity contribution is -0.137. The quantitative estimate of drug-likeness (QED) is 0.504. The Labute approximate surface area is 186 Å². The summed E-state index contributed by atoms with van der Waals surface area (Å²) in [6, 6.07) is 15.1. The summed E-state index contributed by atoms with van der Waals surface area (Å²) >= 11 is 12.9. The third kappa shape index (κ3) is 4.14. The molecule has 4 rings (SSSR count). The summed E-state index contributed by atoms with van der Waals surface area (Å²) in [6.45, 7) is 0.122. The van der Waals surface area contributed by atoms with Gasteiger partial charge in [-0.3, -0.25) is 4.79 Å². The molecule has 0 spiro atoms. The minimum absolute atomic E-state index is 0.0650. The minimum atomic E-state index is -1.10. The van der Waals surface area contributed by atoms with Gasteiger partial charge in [0.15, 0.2) is 4.47 Å². The van der Waals surface area contributed by atoms with Crippen LogP contribution in [0.3, 0.4) is 0 Å². The van der Waals surface area contributed by atoms with E-state index in [2.05, 4.69) is 10.3 Å². The van der Waals surface area contributed by atoms with Crippen LogP contribution in [0.1, 0.15) is 34.4 Å². The van der Waals surface area contributed by atoms with Crippen molar-refractivity contribution < 1.29 is 19.4 Å². The van der Waals surface area contributed by atoms with Gasteiger partial charge in [0, 0.05) is 5.92 Å². The number of carbonyl (C=O) groups is 2. The number of aromatic nitrogens is 1. The number of carbonyl (C=O) groups excluding carboxylic acids is 1. The van der Waals surface area contributed by atoms with Crippen LogP contribution >= 0.6 is 34.5 Å². The first-order valence-corrected chi connectivity index (χ1v) is 10.7. The van der Waals surface area contributed by atoms with Crippen molar-refractivity contribution in [3.63, 3.8) is 0 Å². The number of hydrogen-bond donors (Lipinski definition) is 2. The molecule has 1 amide bonds. The van der Waals surface area contributed by atoms with E-state index in [0.717, 1.165) is 33.6 Å². The van der Waals surface area contributed by atoms with Crippen molar-refractivity contribution in [2.24, 2.45) is 0 Å². The minimum Gasteiger partial charge on any atom is -0.481 e. The molecule has 0 bridgehead atoms. The van der Waals surface area contributed by atoms with Crippen molar-refractivity contribution in [1.82, 2.24) is 10.3 Å². The summed E-state index contributed by atoms with van der Waals surface area (Å²) in [7, 11) is 0. The van der Waals surface area contributed by atoms with E-state index in [0.29, 0.717) is 4.88 Å². The number of thiazole rings is 1. The third-order valence-electron chi connectivity index (χ3n) is 4.91. The normalized spacial score (nSPS) is 13.4. The van der Waals surface area contributed by atoms with E-state index >= 15 is 0 Å². The van der Waals surface area contributed by atoms with Crippen LogP contribution in [-0.4, -0.2) is 28.8 Å². The SMILES string of the molecule is O=C(O)C[C@@H](NC(=O)OCC1c2ccccc2-c2ccccc21)c1sc(Cl)nc1Cl. The molecule has 0 saturated carbocycles. The van der Waals surface area contributed by atoms with Gasteiger partial charge in [0.2, 0.25) is 0 Å². The van der Waals surface area contributed by atoms with Crippen LogP contribution in [0.25, 0.3) is 11.1 Å². The molecular weight excluding hydrogens is 447 g/mol. The molecule has 3 aromatic rings.